The topological polar surface area (TPSA) is 67.3 Å². The fourth-order valence-corrected chi connectivity index (χ4v) is 5.13. The Bertz CT molecular complexity index is 1100. The van der Waals surface area contributed by atoms with Gasteiger partial charge in [0, 0.05) is 30.0 Å². The largest absolute Gasteiger partial charge is 0.492 e. The summed E-state index contributed by atoms with van der Waals surface area (Å²) in [6.07, 6.45) is 2.33. The van der Waals surface area contributed by atoms with Crippen molar-refractivity contribution in [1.29, 1.82) is 0 Å². The lowest BCUT2D eigenvalue weighted by Gasteiger charge is -2.19. The Morgan fingerprint density at radius 2 is 1.94 bits per heavy atom. The molecule has 0 bridgehead atoms. The minimum atomic E-state index is -0.0733. The van der Waals surface area contributed by atoms with Gasteiger partial charge in [-0.1, -0.05) is 32.0 Å². The lowest BCUT2D eigenvalue weighted by molar-refractivity contribution is 0.0954. The number of hydrogen-bond donors (Lipinski definition) is 1. The second kappa shape index (κ2) is 9.96. The van der Waals surface area contributed by atoms with Crippen LogP contribution in [0.4, 0.5) is 0 Å². The highest BCUT2D eigenvalue weighted by Gasteiger charge is 2.28. The van der Waals surface area contributed by atoms with E-state index in [4.69, 9.17) is 14.7 Å². The number of likely N-dealkylation sites (N-methyl/N-ethyl adjacent to an activating group) is 1. The second-order valence-corrected chi connectivity index (χ2v) is 9.34. The standard InChI is InChI=1S/C25H32N4O2S/c1-5-29(6-2)13-14-31-20-10-8-7-9-19(20)15-26-24(30)22-16(3)21-17(4)27-23(18-11-12-18)28-25(21)32-22/h7-10,18H,5-6,11-15H2,1-4H3,(H,26,30). The first-order valence-electron chi connectivity index (χ1n) is 11.5. The molecule has 2 heterocycles. The first kappa shape index (κ1) is 22.7. The summed E-state index contributed by atoms with van der Waals surface area (Å²) in [5.41, 5.74) is 2.91. The van der Waals surface area contributed by atoms with Gasteiger partial charge < -0.3 is 15.0 Å². The molecular formula is C25H32N4O2S. The van der Waals surface area contributed by atoms with Crippen LogP contribution in [0.2, 0.25) is 0 Å². The molecule has 3 aromatic rings. The second-order valence-electron chi connectivity index (χ2n) is 8.34. The van der Waals surface area contributed by atoms with E-state index in [9.17, 15) is 4.79 Å². The van der Waals surface area contributed by atoms with E-state index in [1.54, 1.807) is 0 Å². The maximum atomic E-state index is 13.0. The maximum Gasteiger partial charge on any atom is 0.261 e. The van der Waals surface area contributed by atoms with E-state index >= 15 is 0 Å². The molecule has 1 aliphatic carbocycles. The normalized spacial score (nSPS) is 13.7. The number of carbonyl (C=O) groups excluding carboxylic acids is 1. The lowest BCUT2D eigenvalue weighted by Crippen LogP contribution is -2.28. The number of hydrogen-bond acceptors (Lipinski definition) is 6. The molecule has 0 saturated heterocycles. The molecule has 0 unspecified atom stereocenters. The number of thiophene rings is 1. The maximum absolute atomic E-state index is 13.0. The molecule has 0 radical (unpaired) electrons. The molecule has 2 aromatic heterocycles. The molecule has 1 amide bonds. The summed E-state index contributed by atoms with van der Waals surface area (Å²) in [5.74, 6) is 2.18. The van der Waals surface area contributed by atoms with Crippen molar-refractivity contribution in [2.45, 2.75) is 53.0 Å². The molecule has 1 saturated carbocycles. The molecule has 1 aromatic carbocycles. The van der Waals surface area contributed by atoms with Gasteiger partial charge in [0.2, 0.25) is 0 Å². The number of carbonyl (C=O) groups is 1. The van der Waals surface area contributed by atoms with Crippen LogP contribution in [0.25, 0.3) is 10.2 Å². The van der Waals surface area contributed by atoms with Crippen LogP contribution in [0.1, 0.15) is 64.9 Å². The van der Waals surface area contributed by atoms with Crippen molar-refractivity contribution >= 4 is 27.5 Å². The number of amides is 1. The molecule has 0 atom stereocenters. The third-order valence-electron chi connectivity index (χ3n) is 6.11. The first-order chi connectivity index (χ1) is 15.5. The van der Waals surface area contributed by atoms with Crippen LogP contribution in [-0.4, -0.2) is 47.0 Å². The predicted octanol–water partition coefficient (Wildman–Crippen LogP) is 4.84. The van der Waals surface area contributed by atoms with Crippen molar-refractivity contribution in [3.05, 3.63) is 51.8 Å². The van der Waals surface area contributed by atoms with Crippen LogP contribution in [0, 0.1) is 13.8 Å². The van der Waals surface area contributed by atoms with Crippen molar-refractivity contribution in [1.82, 2.24) is 20.2 Å². The Morgan fingerprint density at radius 1 is 1.19 bits per heavy atom. The van der Waals surface area contributed by atoms with Crippen molar-refractivity contribution < 1.29 is 9.53 Å². The molecule has 6 nitrogen and oxygen atoms in total. The minimum Gasteiger partial charge on any atom is -0.492 e. The minimum absolute atomic E-state index is 0.0733. The van der Waals surface area contributed by atoms with Crippen LogP contribution in [0.5, 0.6) is 5.75 Å². The smallest absolute Gasteiger partial charge is 0.261 e. The Balaban J connectivity index is 1.44. The first-order valence-corrected chi connectivity index (χ1v) is 12.3. The van der Waals surface area contributed by atoms with Crippen molar-refractivity contribution in [2.24, 2.45) is 0 Å². The molecule has 1 N–H and O–H groups in total. The average molecular weight is 453 g/mol. The average Bonchev–Trinajstić information content (AvgIpc) is 3.59. The van der Waals surface area contributed by atoms with Gasteiger partial charge in [0.25, 0.3) is 5.91 Å². The zero-order valence-electron chi connectivity index (χ0n) is 19.4. The highest BCUT2D eigenvalue weighted by Crippen LogP contribution is 2.40. The van der Waals surface area contributed by atoms with Crippen molar-refractivity contribution in [3.63, 3.8) is 0 Å². The van der Waals surface area contributed by atoms with Gasteiger partial charge in [0.05, 0.1) is 10.6 Å². The highest BCUT2D eigenvalue weighted by atomic mass is 32.1. The number of nitrogens with zero attached hydrogens (tertiary/aromatic N) is 3. The van der Waals surface area contributed by atoms with Crippen LogP contribution in [-0.2, 0) is 6.54 Å². The molecule has 4 rings (SSSR count). The quantitative estimate of drug-likeness (QED) is 0.477. The highest BCUT2D eigenvalue weighted by molar-refractivity contribution is 7.20. The SMILES string of the molecule is CCN(CC)CCOc1ccccc1CNC(=O)c1sc2nc(C3CC3)nc(C)c2c1C. The van der Waals surface area contributed by atoms with Gasteiger partial charge in [-0.15, -0.1) is 11.3 Å². The van der Waals surface area contributed by atoms with E-state index in [2.05, 4.69) is 24.1 Å². The van der Waals surface area contributed by atoms with Crippen LogP contribution in [0.3, 0.4) is 0 Å². The number of aryl methyl sites for hydroxylation is 2. The number of aromatic nitrogens is 2. The van der Waals surface area contributed by atoms with Gasteiger partial charge >= 0.3 is 0 Å². The van der Waals surface area contributed by atoms with Crippen LogP contribution in [0.15, 0.2) is 24.3 Å². The number of ether oxygens (including phenoxy) is 1. The number of benzene rings is 1. The summed E-state index contributed by atoms with van der Waals surface area (Å²) in [6.45, 7) is 12.3. The Labute approximate surface area is 194 Å². The molecule has 0 spiro atoms. The Kier molecular flexibility index (Phi) is 7.06. The fraction of sp³-hybridized carbons (Fsp3) is 0.480. The summed E-state index contributed by atoms with van der Waals surface area (Å²) in [6, 6.07) is 7.91. The van der Waals surface area contributed by atoms with Crippen molar-refractivity contribution in [3.8, 4) is 5.75 Å². The summed E-state index contributed by atoms with van der Waals surface area (Å²) in [7, 11) is 0. The van der Waals surface area contributed by atoms with Gasteiger partial charge in [0.15, 0.2) is 0 Å². The zero-order valence-corrected chi connectivity index (χ0v) is 20.2. The van der Waals surface area contributed by atoms with Crippen LogP contribution < -0.4 is 10.1 Å². The van der Waals surface area contributed by atoms with E-state index < -0.39 is 0 Å². The fourth-order valence-electron chi connectivity index (χ4n) is 3.97. The van der Waals surface area contributed by atoms with Gasteiger partial charge in [-0.3, -0.25) is 4.79 Å². The number of para-hydroxylation sites is 1. The van der Waals surface area contributed by atoms with Gasteiger partial charge in [-0.2, -0.15) is 0 Å². The lowest BCUT2D eigenvalue weighted by atomic mass is 10.1. The number of fused-ring (bicyclic) bond motifs is 1. The van der Waals surface area contributed by atoms with E-state index in [-0.39, 0.29) is 5.91 Å². The van der Waals surface area contributed by atoms with Gasteiger partial charge in [-0.25, -0.2) is 9.97 Å². The monoisotopic (exact) mass is 452 g/mol. The van der Waals surface area contributed by atoms with E-state index in [0.29, 0.717) is 23.9 Å². The van der Waals surface area contributed by atoms with E-state index in [1.807, 2.05) is 38.1 Å². The molecule has 7 heteroatoms. The molecule has 32 heavy (non-hydrogen) atoms. The molecule has 0 aliphatic heterocycles. The van der Waals surface area contributed by atoms with Crippen LogP contribution >= 0.6 is 11.3 Å². The summed E-state index contributed by atoms with van der Waals surface area (Å²) < 4.78 is 6.03. The van der Waals surface area contributed by atoms with Crippen molar-refractivity contribution in [2.75, 3.05) is 26.2 Å². The predicted molar refractivity (Wildman–Crippen MR) is 130 cm³/mol. The zero-order chi connectivity index (χ0) is 22.7. The Hall–Kier alpha value is -2.51. The third kappa shape index (κ3) is 4.94. The molecule has 1 fully saturated rings. The summed E-state index contributed by atoms with van der Waals surface area (Å²) >= 11 is 1.47. The number of nitrogens with one attached hydrogen (secondary N) is 1. The van der Waals surface area contributed by atoms with E-state index in [1.165, 1.54) is 24.2 Å². The summed E-state index contributed by atoms with van der Waals surface area (Å²) in [4.78, 5) is 26.5. The van der Waals surface area contributed by atoms with Gasteiger partial charge in [-0.05, 0) is 51.4 Å². The number of rotatable bonds is 10. The molecule has 170 valence electrons. The summed E-state index contributed by atoms with van der Waals surface area (Å²) in [5, 5.41) is 4.10. The molecular weight excluding hydrogens is 420 g/mol. The van der Waals surface area contributed by atoms with Gasteiger partial charge in [0.1, 0.15) is 23.0 Å². The third-order valence-corrected chi connectivity index (χ3v) is 7.29. The Morgan fingerprint density at radius 3 is 2.66 bits per heavy atom. The van der Waals surface area contributed by atoms with E-state index in [0.717, 1.165) is 58.2 Å². The molecule has 1 aliphatic rings.